The summed E-state index contributed by atoms with van der Waals surface area (Å²) in [5.41, 5.74) is 0. The highest BCUT2D eigenvalue weighted by atomic mass is 16.5. The Balaban J connectivity index is 1.92. The Morgan fingerprint density at radius 3 is 2.21 bits per heavy atom. The standard InChI is InChI=1S/C21H44N2O5/c1-3-22(9-8-10-23-11-15-26-16-12-23)17-21(25)19-28-14-7-5-4-6-13-27-18-20(2)24/h20-21,24-25H,3-19H2,1-2H3. The zero-order chi connectivity index (χ0) is 20.5. The van der Waals surface area contributed by atoms with Crippen LogP contribution < -0.4 is 0 Å². The first-order valence-corrected chi connectivity index (χ1v) is 11.2. The average molecular weight is 405 g/mol. The third kappa shape index (κ3) is 14.7. The number of rotatable bonds is 18. The molecule has 0 aliphatic carbocycles. The van der Waals surface area contributed by atoms with Gasteiger partial charge in [-0.05, 0) is 45.8 Å². The predicted molar refractivity (Wildman–Crippen MR) is 112 cm³/mol. The van der Waals surface area contributed by atoms with E-state index in [0.717, 1.165) is 78.0 Å². The summed E-state index contributed by atoms with van der Waals surface area (Å²) in [5, 5.41) is 19.3. The molecule has 0 bridgehead atoms. The predicted octanol–water partition coefficient (Wildman–Crippen LogP) is 1.37. The van der Waals surface area contributed by atoms with Crippen molar-refractivity contribution >= 4 is 0 Å². The lowest BCUT2D eigenvalue weighted by molar-refractivity contribution is 0.0135. The zero-order valence-electron chi connectivity index (χ0n) is 18.2. The van der Waals surface area contributed by atoms with E-state index >= 15 is 0 Å². The van der Waals surface area contributed by atoms with E-state index in [4.69, 9.17) is 19.3 Å². The van der Waals surface area contributed by atoms with Crippen LogP contribution in [0.4, 0.5) is 0 Å². The van der Waals surface area contributed by atoms with Gasteiger partial charge in [0.05, 0.1) is 38.6 Å². The quantitative estimate of drug-likeness (QED) is 0.334. The van der Waals surface area contributed by atoms with E-state index < -0.39 is 6.10 Å². The Kier molecular flexibility index (Phi) is 16.2. The second-order valence-corrected chi connectivity index (χ2v) is 7.77. The van der Waals surface area contributed by atoms with Crippen molar-refractivity contribution in [2.45, 2.75) is 58.2 Å². The number of hydrogen-bond acceptors (Lipinski definition) is 7. The molecule has 1 heterocycles. The molecular weight excluding hydrogens is 360 g/mol. The van der Waals surface area contributed by atoms with Gasteiger partial charge in [-0.25, -0.2) is 0 Å². The van der Waals surface area contributed by atoms with E-state index in [1.165, 1.54) is 0 Å². The Morgan fingerprint density at radius 1 is 0.964 bits per heavy atom. The molecule has 0 radical (unpaired) electrons. The van der Waals surface area contributed by atoms with Gasteiger partial charge >= 0.3 is 0 Å². The second-order valence-electron chi connectivity index (χ2n) is 7.77. The molecular formula is C21H44N2O5. The summed E-state index contributed by atoms with van der Waals surface area (Å²) in [4.78, 5) is 4.76. The molecule has 0 aromatic rings. The minimum atomic E-state index is -0.419. The smallest absolute Gasteiger partial charge is 0.0900 e. The van der Waals surface area contributed by atoms with Crippen molar-refractivity contribution in [1.82, 2.24) is 9.80 Å². The molecule has 1 aliphatic rings. The fourth-order valence-electron chi connectivity index (χ4n) is 3.31. The van der Waals surface area contributed by atoms with Crippen LogP contribution in [-0.4, -0.2) is 111 Å². The van der Waals surface area contributed by atoms with E-state index in [-0.39, 0.29) is 6.10 Å². The van der Waals surface area contributed by atoms with Gasteiger partial charge in [0.15, 0.2) is 0 Å². The van der Waals surface area contributed by atoms with E-state index in [0.29, 0.717) is 33.0 Å². The summed E-state index contributed by atoms with van der Waals surface area (Å²) in [5.74, 6) is 0. The molecule has 1 rings (SSSR count). The van der Waals surface area contributed by atoms with Crippen LogP contribution in [0.1, 0.15) is 46.0 Å². The maximum Gasteiger partial charge on any atom is 0.0900 e. The summed E-state index contributed by atoms with van der Waals surface area (Å²) >= 11 is 0. The van der Waals surface area contributed by atoms with Gasteiger partial charge in [0.25, 0.3) is 0 Å². The van der Waals surface area contributed by atoms with Gasteiger partial charge in [-0.3, -0.25) is 4.90 Å². The maximum atomic E-state index is 10.2. The van der Waals surface area contributed by atoms with E-state index in [1.807, 2.05) is 0 Å². The van der Waals surface area contributed by atoms with Gasteiger partial charge in [-0.2, -0.15) is 0 Å². The van der Waals surface area contributed by atoms with Crippen LogP contribution in [0.15, 0.2) is 0 Å². The minimum Gasteiger partial charge on any atom is -0.391 e. The van der Waals surface area contributed by atoms with Crippen molar-refractivity contribution in [1.29, 1.82) is 0 Å². The zero-order valence-corrected chi connectivity index (χ0v) is 18.2. The van der Waals surface area contributed by atoms with Gasteiger partial charge in [-0.15, -0.1) is 0 Å². The van der Waals surface area contributed by atoms with Gasteiger partial charge in [-0.1, -0.05) is 19.8 Å². The first kappa shape index (κ1) is 25.8. The molecule has 7 heteroatoms. The molecule has 0 saturated carbocycles. The number of nitrogens with zero attached hydrogens (tertiary/aromatic N) is 2. The number of aliphatic hydroxyl groups excluding tert-OH is 2. The second kappa shape index (κ2) is 17.6. The summed E-state index contributed by atoms with van der Waals surface area (Å²) in [7, 11) is 0. The largest absolute Gasteiger partial charge is 0.391 e. The van der Waals surface area contributed by atoms with Crippen molar-refractivity contribution in [3.8, 4) is 0 Å². The number of aliphatic hydroxyl groups is 2. The molecule has 28 heavy (non-hydrogen) atoms. The number of hydrogen-bond donors (Lipinski definition) is 2. The van der Waals surface area contributed by atoms with Crippen molar-refractivity contribution < 1.29 is 24.4 Å². The highest BCUT2D eigenvalue weighted by Gasteiger charge is 2.13. The SMILES string of the molecule is CCN(CCCN1CCOCC1)CC(O)COCCCCCCOCC(C)O. The Bertz CT molecular complexity index is 341. The summed E-state index contributed by atoms with van der Waals surface area (Å²) < 4.78 is 16.4. The molecule has 0 aromatic heterocycles. The highest BCUT2D eigenvalue weighted by molar-refractivity contribution is 4.66. The van der Waals surface area contributed by atoms with Crippen molar-refractivity contribution in [3.05, 3.63) is 0 Å². The summed E-state index contributed by atoms with van der Waals surface area (Å²) in [6, 6.07) is 0. The first-order chi connectivity index (χ1) is 13.6. The molecule has 168 valence electrons. The topological polar surface area (TPSA) is 74.6 Å². The summed E-state index contributed by atoms with van der Waals surface area (Å²) in [6.07, 6.45) is 4.58. The van der Waals surface area contributed by atoms with Gasteiger partial charge in [0, 0.05) is 32.8 Å². The van der Waals surface area contributed by atoms with Crippen LogP contribution in [-0.2, 0) is 14.2 Å². The van der Waals surface area contributed by atoms with Gasteiger partial charge < -0.3 is 29.3 Å². The molecule has 2 N–H and O–H groups in total. The molecule has 2 unspecified atom stereocenters. The van der Waals surface area contributed by atoms with Crippen LogP contribution in [0.3, 0.4) is 0 Å². The molecule has 1 aliphatic heterocycles. The van der Waals surface area contributed by atoms with E-state index in [2.05, 4.69) is 16.7 Å². The van der Waals surface area contributed by atoms with E-state index in [1.54, 1.807) is 6.92 Å². The Morgan fingerprint density at radius 2 is 1.61 bits per heavy atom. The molecule has 0 amide bonds. The van der Waals surface area contributed by atoms with Crippen LogP contribution >= 0.6 is 0 Å². The molecule has 2 atom stereocenters. The number of likely N-dealkylation sites (N-methyl/N-ethyl adjacent to an activating group) is 1. The maximum absolute atomic E-state index is 10.2. The van der Waals surface area contributed by atoms with Crippen LogP contribution in [0, 0.1) is 0 Å². The molecule has 7 nitrogen and oxygen atoms in total. The van der Waals surface area contributed by atoms with Gasteiger partial charge in [0.2, 0.25) is 0 Å². The Labute approximate surface area is 171 Å². The lowest BCUT2D eigenvalue weighted by Gasteiger charge is -2.28. The van der Waals surface area contributed by atoms with Crippen LogP contribution in [0.5, 0.6) is 0 Å². The lowest BCUT2D eigenvalue weighted by Crippen LogP contribution is -2.39. The van der Waals surface area contributed by atoms with Crippen LogP contribution in [0.2, 0.25) is 0 Å². The Hall–Kier alpha value is -0.280. The lowest BCUT2D eigenvalue weighted by atomic mass is 10.2. The highest BCUT2D eigenvalue weighted by Crippen LogP contribution is 2.03. The normalized spacial score (nSPS) is 17.9. The first-order valence-electron chi connectivity index (χ1n) is 11.2. The van der Waals surface area contributed by atoms with Gasteiger partial charge in [0.1, 0.15) is 0 Å². The van der Waals surface area contributed by atoms with Crippen molar-refractivity contribution in [3.63, 3.8) is 0 Å². The molecule has 1 fully saturated rings. The number of ether oxygens (including phenoxy) is 3. The summed E-state index contributed by atoms with van der Waals surface area (Å²) in [6.45, 7) is 13.7. The van der Waals surface area contributed by atoms with Crippen molar-refractivity contribution in [2.75, 3.05) is 78.9 Å². The number of unbranched alkanes of at least 4 members (excludes halogenated alkanes) is 3. The molecule has 0 aromatic carbocycles. The monoisotopic (exact) mass is 404 g/mol. The molecule has 1 saturated heterocycles. The third-order valence-corrected chi connectivity index (χ3v) is 4.97. The van der Waals surface area contributed by atoms with Crippen LogP contribution in [0.25, 0.3) is 0 Å². The molecule has 0 spiro atoms. The fourth-order valence-corrected chi connectivity index (χ4v) is 3.31. The fraction of sp³-hybridized carbons (Fsp3) is 1.00. The third-order valence-electron chi connectivity index (χ3n) is 4.97. The van der Waals surface area contributed by atoms with E-state index in [9.17, 15) is 5.11 Å². The average Bonchev–Trinajstić information content (AvgIpc) is 2.69. The minimum absolute atomic E-state index is 0.381. The number of morpholine rings is 1. The van der Waals surface area contributed by atoms with Crippen molar-refractivity contribution in [2.24, 2.45) is 0 Å².